The van der Waals surface area contributed by atoms with E-state index >= 15 is 0 Å². The average molecular weight is 307 g/mol. The molecule has 1 aliphatic heterocycles. The van der Waals surface area contributed by atoms with Crippen LogP contribution < -0.4 is 5.56 Å². The van der Waals surface area contributed by atoms with E-state index in [-0.39, 0.29) is 23.1 Å². The maximum absolute atomic E-state index is 12.5. The number of nitrogens with zero attached hydrogens (tertiary/aromatic N) is 2. The first-order chi connectivity index (χ1) is 10.3. The monoisotopic (exact) mass is 307 g/mol. The van der Waals surface area contributed by atoms with Crippen LogP contribution in [-0.4, -0.2) is 60.5 Å². The van der Waals surface area contributed by atoms with E-state index in [1.165, 1.54) is 13.2 Å². The largest absolute Gasteiger partial charge is 0.465 e. The highest BCUT2D eigenvalue weighted by Crippen LogP contribution is 2.21. The number of fused-ring (bicyclic) bond motifs is 1. The summed E-state index contributed by atoms with van der Waals surface area (Å²) in [6, 6.07) is 0.986. The van der Waals surface area contributed by atoms with E-state index in [0.717, 1.165) is 0 Å². The van der Waals surface area contributed by atoms with E-state index < -0.39 is 5.97 Å². The molecule has 0 aromatic carbocycles. The fraction of sp³-hybridized carbons (Fsp3) is 0.533. The number of nitrogens with one attached hydrogen (secondary N) is 1. The molecule has 0 saturated heterocycles. The Morgan fingerprint density at radius 3 is 2.68 bits per heavy atom. The van der Waals surface area contributed by atoms with E-state index in [1.807, 2.05) is 25.9 Å². The number of pyridine rings is 1. The fourth-order valence-electron chi connectivity index (χ4n) is 2.52. The number of likely N-dealkylation sites (N-methyl/N-ethyl adjacent to an activating group) is 1. The number of aromatic amines is 1. The minimum Gasteiger partial charge on any atom is -0.465 e. The molecule has 0 spiro atoms. The third-order valence-corrected chi connectivity index (χ3v) is 4.07. The molecule has 1 aromatic heterocycles. The molecule has 0 radical (unpaired) electrons. The minimum absolute atomic E-state index is 0.00216. The van der Waals surface area contributed by atoms with Gasteiger partial charge >= 0.3 is 5.97 Å². The third kappa shape index (κ3) is 3.04. The molecular weight excluding hydrogens is 286 g/mol. The highest BCUT2D eigenvalue weighted by atomic mass is 16.5. The smallest absolute Gasteiger partial charge is 0.338 e. The summed E-state index contributed by atoms with van der Waals surface area (Å²) in [6.45, 7) is 2.66. The van der Waals surface area contributed by atoms with Crippen LogP contribution in [0, 0.1) is 0 Å². The molecule has 2 heterocycles. The van der Waals surface area contributed by atoms with Crippen LogP contribution in [0.4, 0.5) is 0 Å². The predicted molar refractivity (Wildman–Crippen MR) is 80.7 cm³/mol. The molecule has 7 nitrogen and oxygen atoms in total. The van der Waals surface area contributed by atoms with Gasteiger partial charge in [-0.2, -0.15) is 0 Å². The number of methoxy groups -OCH3 is 1. The molecule has 0 fully saturated rings. The number of rotatable bonds is 3. The normalized spacial score (nSPS) is 15.4. The van der Waals surface area contributed by atoms with Crippen molar-refractivity contribution < 1.29 is 14.3 Å². The Balaban J connectivity index is 2.35. The van der Waals surface area contributed by atoms with E-state index in [2.05, 4.69) is 4.98 Å². The van der Waals surface area contributed by atoms with Crippen molar-refractivity contribution in [1.29, 1.82) is 0 Å². The van der Waals surface area contributed by atoms with Crippen LogP contribution in [0.15, 0.2) is 10.9 Å². The Hall–Kier alpha value is -2.15. The number of esters is 1. The van der Waals surface area contributed by atoms with Gasteiger partial charge in [0.05, 0.1) is 18.7 Å². The Morgan fingerprint density at radius 1 is 1.41 bits per heavy atom. The van der Waals surface area contributed by atoms with Gasteiger partial charge in [-0.25, -0.2) is 4.79 Å². The number of H-pyrrole nitrogens is 1. The van der Waals surface area contributed by atoms with Crippen LogP contribution in [-0.2, 0) is 22.5 Å². The van der Waals surface area contributed by atoms with Gasteiger partial charge < -0.3 is 14.6 Å². The second-order valence-corrected chi connectivity index (χ2v) is 5.65. The second-order valence-electron chi connectivity index (χ2n) is 5.65. The molecule has 2 rings (SSSR count). The van der Waals surface area contributed by atoms with E-state index in [1.54, 1.807) is 4.90 Å². The highest BCUT2D eigenvalue weighted by Gasteiger charge is 2.29. The Bertz CT molecular complexity index is 651. The summed E-state index contributed by atoms with van der Waals surface area (Å²) in [5.41, 5.74) is 1.27. The molecule has 1 aromatic rings. The maximum Gasteiger partial charge on any atom is 0.338 e. The fourth-order valence-corrected chi connectivity index (χ4v) is 2.52. The zero-order valence-corrected chi connectivity index (χ0v) is 13.3. The molecule has 1 amide bonds. The van der Waals surface area contributed by atoms with Gasteiger partial charge in [0.2, 0.25) is 11.5 Å². The van der Waals surface area contributed by atoms with Crippen molar-refractivity contribution in [2.24, 2.45) is 0 Å². The minimum atomic E-state index is -0.558. The molecule has 7 heteroatoms. The van der Waals surface area contributed by atoms with Gasteiger partial charge in [-0.05, 0) is 21.0 Å². The zero-order chi connectivity index (χ0) is 16.4. The van der Waals surface area contributed by atoms with Crippen molar-refractivity contribution in [3.05, 3.63) is 33.2 Å². The van der Waals surface area contributed by atoms with Gasteiger partial charge in [-0.3, -0.25) is 14.5 Å². The van der Waals surface area contributed by atoms with Crippen LogP contribution in [0.3, 0.4) is 0 Å². The Kier molecular flexibility index (Phi) is 4.65. The maximum atomic E-state index is 12.5. The van der Waals surface area contributed by atoms with Gasteiger partial charge in [-0.1, -0.05) is 0 Å². The summed E-state index contributed by atoms with van der Waals surface area (Å²) in [7, 11) is 4.96. The third-order valence-electron chi connectivity index (χ3n) is 4.07. The van der Waals surface area contributed by atoms with Gasteiger partial charge in [-0.15, -0.1) is 0 Å². The lowest BCUT2D eigenvalue weighted by Gasteiger charge is -2.33. The van der Waals surface area contributed by atoms with E-state index in [9.17, 15) is 14.4 Å². The van der Waals surface area contributed by atoms with Crippen LogP contribution >= 0.6 is 0 Å². The first kappa shape index (κ1) is 16.2. The molecule has 22 heavy (non-hydrogen) atoms. The van der Waals surface area contributed by atoms with Crippen molar-refractivity contribution in [2.45, 2.75) is 25.9 Å². The molecule has 0 aliphatic carbocycles. The van der Waals surface area contributed by atoms with Crippen molar-refractivity contribution >= 4 is 11.9 Å². The van der Waals surface area contributed by atoms with Gasteiger partial charge in [0.25, 0.3) is 0 Å². The van der Waals surface area contributed by atoms with Crippen LogP contribution in [0.25, 0.3) is 0 Å². The van der Waals surface area contributed by atoms with Crippen molar-refractivity contribution in [1.82, 2.24) is 14.8 Å². The summed E-state index contributed by atoms with van der Waals surface area (Å²) in [6.07, 6.45) is 0.515. The molecule has 0 unspecified atom stereocenters. The number of hydrogen-bond donors (Lipinski definition) is 1. The summed E-state index contributed by atoms with van der Waals surface area (Å²) in [5, 5.41) is 0. The van der Waals surface area contributed by atoms with Crippen molar-refractivity contribution in [3.8, 4) is 0 Å². The Labute approximate surface area is 128 Å². The molecule has 1 aliphatic rings. The van der Waals surface area contributed by atoms with Gasteiger partial charge in [0.1, 0.15) is 0 Å². The number of hydrogen-bond acceptors (Lipinski definition) is 5. The SMILES string of the molecule is COC(=O)c1cc(=O)[nH]c2c1CN(C(=O)[C@H](C)N(C)C)CC2. The topological polar surface area (TPSA) is 82.7 Å². The van der Waals surface area contributed by atoms with E-state index in [0.29, 0.717) is 30.8 Å². The number of amides is 1. The number of ether oxygens (including phenoxy) is 1. The first-order valence-electron chi connectivity index (χ1n) is 7.13. The lowest BCUT2D eigenvalue weighted by Crippen LogP contribution is -2.46. The summed E-state index contributed by atoms with van der Waals surface area (Å²) >= 11 is 0. The van der Waals surface area contributed by atoms with Gasteiger partial charge in [0.15, 0.2) is 0 Å². The van der Waals surface area contributed by atoms with Gasteiger partial charge in [0, 0.05) is 36.8 Å². The molecule has 1 atom stereocenters. The average Bonchev–Trinajstić information content (AvgIpc) is 2.51. The zero-order valence-electron chi connectivity index (χ0n) is 13.3. The van der Waals surface area contributed by atoms with Crippen LogP contribution in [0.5, 0.6) is 0 Å². The summed E-state index contributed by atoms with van der Waals surface area (Å²) in [5.74, 6) is -0.560. The van der Waals surface area contributed by atoms with Crippen LogP contribution in [0.2, 0.25) is 0 Å². The Morgan fingerprint density at radius 2 is 2.09 bits per heavy atom. The molecular formula is C15H21N3O4. The quantitative estimate of drug-likeness (QED) is 0.795. The molecule has 1 N–H and O–H groups in total. The lowest BCUT2D eigenvalue weighted by atomic mass is 9.99. The molecule has 0 saturated carbocycles. The lowest BCUT2D eigenvalue weighted by molar-refractivity contribution is -0.136. The predicted octanol–water partition coefficient (Wildman–Crippen LogP) is -0.00370. The van der Waals surface area contributed by atoms with E-state index in [4.69, 9.17) is 4.74 Å². The van der Waals surface area contributed by atoms with Crippen molar-refractivity contribution in [3.63, 3.8) is 0 Å². The summed E-state index contributed by atoms with van der Waals surface area (Å²) < 4.78 is 4.74. The second kappa shape index (κ2) is 6.31. The van der Waals surface area contributed by atoms with Crippen molar-refractivity contribution in [2.75, 3.05) is 27.7 Å². The number of carbonyl (C=O) groups excluding carboxylic acids is 2. The highest BCUT2D eigenvalue weighted by molar-refractivity contribution is 5.91. The molecule has 120 valence electrons. The summed E-state index contributed by atoms with van der Waals surface area (Å²) in [4.78, 5) is 42.3. The number of aromatic nitrogens is 1. The molecule has 0 bridgehead atoms. The number of carbonyl (C=O) groups is 2. The standard InChI is InChI=1S/C15H21N3O4/c1-9(17(2)3)14(20)18-6-5-12-11(8-18)10(15(21)22-4)7-13(19)16-12/h7,9H,5-6,8H2,1-4H3,(H,16,19)/t9-/m0/s1. The first-order valence-corrected chi connectivity index (χ1v) is 7.13. The van der Waals surface area contributed by atoms with Crippen LogP contribution in [0.1, 0.15) is 28.5 Å².